The molecule has 20 heteroatoms. The van der Waals surface area contributed by atoms with Crippen LogP contribution in [0.25, 0.3) is 11.3 Å². The maximum absolute atomic E-state index is 13.0. The van der Waals surface area contributed by atoms with Crippen LogP contribution in [0, 0.1) is 5.82 Å². The molecule has 0 saturated heterocycles. The number of imidazole rings is 1. The molecule has 0 fully saturated rings. The summed E-state index contributed by atoms with van der Waals surface area (Å²) in [6.07, 6.45) is -9.70. The van der Waals surface area contributed by atoms with E-state index >= 15 is 0 Å². The van der Waals surface area contributed by atoms with Crippen molar-refractivity contribution in [1.82, 2.24) is 19.4 Å². The number of carboxylic acid groups (broad SMARTS) is 3. The number of nitrogens with zero attached hydrogens (tertiary/aromatic N) is 4. The number of aliphatic carboxylic acids is 3. The molecule has 4 rings (SSSR count). The molecule has 0 amide bonds. The second-order valence-corrected chi connectivity index (χ2v) is 8.19. The van der Waals surface area contributed by atoms with Gasteiger partial charge in [-0.1, -0.05) is 12.1 Å². The summed E-state index contributed by atoms with van der Waals surface area (Å²) in [6.45, 7) is 3.49. The van der Waals surface area contributed by atoms with Gasteiger partial charge in [-0.25, -0.2) is 23.8 Å². The fraction of sp³-hybridized carbons (Fsp3) is 0.292. The van der Waals surface area contributed by atoms with Crippen molar-refractivity contribution >= 4 is 17.9 Å². The van der Waals surface area contributed by atoms with Crippen molar-refractivity contribution in [3.63, 3.8) is 0 Å². The van der Waals surface area contributed by atoms with Gasteiger partial charge in [-0.15, -0.1) is 0 Å². The fourth-order valence-corrected chi connectivity index (χ4v) is 3.05. The molecule has 0 spiro atoms. The topological polar surface area (TPSA) is 146 Å². The van der Waals surface area contributed by atoms with Crippen molar-refractivity contribution in [2.45, 2.75) is 38.2 Å². The number of carboxylic acids is 3. The largest absolute Gasteiger partial charge is 0.490 e. The Kier molecular flexibility index (Phi) is 13.3. The number of rotatable bonds is 3. The van der Waals surface area contributed by atoms with Crippen LogP contribution in [-0.2, 0) is 34.0 Å². The van der Waals surface area contributed by atoms with E-state index in [4.69, 9.17) is 29.7 Å². The highest BCUT2D eigenvalue weighted by Crippen LogP contribution is 2.24. The van der Waals surface area contributed by atoms with Gasteiger partial charge in [-0.2, -0.15) is 39.5 Å². The van der Waals surface area contributed by atoms with Gasteiger partial charge in [0.25, 0.3) is 0 Å². The Labute approximate surface area is 239 Å². The predicted molar refractivity (Wildman–Crippen MR) is 127 cm³/mol. The van der Waals surface area contributed by atoms with Crippen molar-refractivity contribution in [3.8, 4) is 11.3 Å². The molecule has 0 radical (unpaired) electrons. The maximum atomic E-state index is 13.0. The molecule has 242 valence electrons. The fourth-order valence-electron chi connectivity index (χ4n) is 3.05. The molecule has 3 heterocycles. The minimum atomic E-state index is -5.08. The van der Waals surface area contributed by atoms with Gasteiger partial charge in [-0.05, 0) is 29.8 Å². The van der Waals surface area contributed by atoms with E-state index in [0.29, 0.717) is 0 Å². The number of benzene rings is 1. The first-order chi connectivity index (χ1) is 20.1. The molecular formula is C24H20F10N4O6. The van der Waals surface area contributed by atoms with Crippen molar-refractivity contribution in [3.05, 3.63) is 72.2 Å². The summed E-state index contributed by atoms with van der Waals surface area (Å²) in [5, 5.41) is 21.4. The number of aromatic nitrogens is 3. The second-order valence-electron chi connectivity index (χ2n) is 8.19. The molecule has 1 aliphatic heterocycles. The predicted octanol–water partition coefficient (Wildman–Crippen LogP) is 5.00. The molecule has 1 aliphatic rings. The number of halogens is 10. The van der Waals surface area contributed by atoms with Gasteiger partial charge in [0, 0.05) is 37.6 Å². The minimum absolute atomic E-state index is 0.190. The summed E-state index contributed by atoms with van der Waals surface area (Å²) in [5.41, 5.74) is 3.41. The first kappa shape index (κ1) is 37.3. The average Bonchev–Trinajstić information content (AvgIpc) is 3.33. The first-order valence-corrected chi connectivity index (χ1v) is 11.4. The number of hydrogen-bond acceptors (Lipinski definition) is 6. The van der Waals surface area contributed by atoms with Crippen molar-refractivity contribution in [2.24, 2.45) is 0 Å². The van der Waals surface area contributed by atoms with E-state index in [-0.39, 0.29) is 5.82 Å². The molecule has 1 aromatic carbocycles. The minimum Gasteiger partial charge on any atom is -0.475 e. The Morgan fingerprint density at radius 3 is 1.57 bits per heavy atom. The van der Waals surface area contributed by atoms with Crippen LogP contribution in [0.4, 0.5) is 43.9 Å². The molecule has 3 N–H and O–H groups in total. The summed E-state index contributed by atoms with van der Waals surface area (Å²) in [4.78, 5) is 37.7. The van der Waals surface area contributed by atoms with Crippen LogP contribution in [0.2, 0.25) is 0 Å². The van der Waals surface area contributed by atoms with Crippen molar-refractivity contribution < 1.29 is 73.6 Å². The highest BCUT2D eigenvalue weighted by molar-refractivity contribution is 5.73. The van der Waals surface area contributed by atoms with Crippen LogP contribution in [0.5, 0.6) is 0 Å². The lowest BCUT2D eigenvalue weighted by atomic mass is 10.2. The second kappa shape index (κ2) is 15.6. The van der Waals surface area contributed by atoms with E-state index < -0.39 is 36.4 Å². The molecule has 0 aliphatic carbocycles. The van der Waals surface area contributed by atoms with Gasteiger partial charge >= 0.3 is 36.4 Å². The highest BCUT2D eigenvalue weighted by atomic mass is 19.4. The van der Waals surface area contributed by atoms with Crippen molar-refractivity contribution in [1.29, 1.82) is 0 Å². The van der Waals surface area contributed by atoms with E-state index in [0.717, 1.165) is 48.8 Å². The Hall–Kier alpha value is -4.75. The highest BCUT2D eigenvalue weighted by Gasteiger charge is 2.39. The lowest BCUT2D eigenvalue weighted by Gasteiger charge is -2.28. The summed E-state index contributed by atoms with van der Waals surface area (Å²) >= 11 is 0. The summed E-state index contributed by atoms with van der Waals surface area (Å²) in [7, 11) is 0. The molecule has 0 bridgehead atoms. The quantitative estimate of drug-likeness (QED) is 0.334. The van der Waals surface area contributed by atoms with Crippen LogP contribution in [-0.4, -0.2) is 77.7 Å². The zero-order valence-corrected chi connectivity index (χ0v) is 21.7. The zero-order valence-electron chi connectivity index (χ0n) is 21.7. The summed E-state index contributed by atoms with van der Waals surface area (Å²) in [6, 6.07) is 10.7. The van der Waals surface area contributed by atoms with Gasteiger partial charge in [0.1, 0.15) is 11.6 Å². The number of fused-ring (bicyclic) bond motifs is 1. The molecular weight excluding hydrogens is 630 g/mol. The van der Waals surface area contributed by atoms with Gasteiger partial charge in [0.15, 0.2) is 0 Å². The van der Waals surface area contributed by atoms with Gasteiger partial charge in [0.2, 0.25) is 0 Å². The Morgan fingerprint density at radius 2 is 1.16 bits per heavy atom. The van der Waals surface area contributed by atoms with Gasteiger partial charge in [0.05, 0.1) is 18.4 Å². The summed E-state index contributed by atoms with van der Waals surface area (Å²) in [5.74, 6) is -7.39. The van der Waals surface area contributed by atoms with Crippen LogP contribution in [0.15, 0.2) is 55.0 Å². The van der Waals surface area contributed by atoms with E-state index in [1.807, 2.05) is 30.5 Å². The maximum Gasteiger partial charge on any atom is 0.490 e. The van der Waals surface area contributed by atoms with E-state index in [2.05, 4.69) is 19.4 Å². The molecule has 0 atom stereocenters. The number of pyridine rings is 1. The van der Waals surface area contributed by atoms with E-state index in [1.54, 1.807) is 12.4 Å². The Balaban J connectivity index is 0.000000379. The number of hydrogen-bond donors (Lipinski definition) is 3. The smallest absolute Gasteiger partial charge is 0.475 e. The van der Waals surface area contributed by atoms with Gasteiger partial charge < -0.3 is 19.9 Å². The standard InChI is InChI=1S/C18H17FN4.3C2HF3O2/c19-16-3-1-14(2-4-16)12-22-9-10-23-17(11-21-18(23)13-22)15-5-7-20-8-6-15;3*3-2(4,5)1(6)7/h1-8,11H,9-10,12-13H2;3*(H,6,7). The Morgan fingerprint density at radius 1 is 0.727 bits per heavy atom. The van der Waals surface area contributed by atoms with Crippen LogP contribution in [0.3, 0.4) is 0 Å². The van der Waals surface area contributed by atoms with Crippen molar-refractivity contribution in [2.75, 3.05) is 6.54 Å². The molecule has 3 aromatic rings. The lowest BCUT2D eigenvalue weighted by Crippen LogP contribution is -2.33. The number of alkyl halides is 9. The zero-order chi connectivity index (χ0) is 33.9. The van der Waals surface area contributed by atoms with Crippen LogP contribution < -0.4 is 0 Å². The van der Waals surface area contributed by atoms with Crippen LogP contribution in [0.1, 0.15) is 11.4 Å². The third-order valence-electron chi connectivity index (χ3n) is 4.97. The SMILES string of the molecule is Fc1ccc(CN2CCn3c(-c4ccncc4)cnc3C2)cc1.O=C(O)C(F)(F)F.O=C(O)C(F)(F)F.O=C(O)C(F)(F)F. The lowest BCUT2D eigenvalue weighted by molar-refractivity contribution is -0.193. The van der Waals surface area contributed by atoms with E-state index in [1.165, 1.54) is 12.1 Å². The summed E-state index contributed by atoms with van der Waals surface area (Å²) < 4.78 is 110. The molecule has 0 unspecified atom stereocenters. The third-order valence-corrected chi connectivity index (χ3v) is 4.97. The van der Waals surface area contributed by atoms with Gasteiger partial charge in [-0.3, -0.25) is 9.88 Å². The average molecular weight is 650 g/mol. The van der Waals surface area contributed by atoms with Crippen LogP contribution >= 0.6 is 0 Å². The molecule has 10 nitrogen and oxygen atoms in total. The van der Waals surface area contributed by atoms with E-state index in [9.17, 15) is 43.9 Å². The molecule has 2 aromatic heterocycles. The molecule has 44 heavy (non-hydrogen) atoms. The monoisotopic (exact) mass is 650 g/mol. The first-order valence-electron chi connectivity index (χ1n) is 11.4. The third kappa shape index (κ3) is 13.0. The normalized spacial score (nSPS) is 13.0. The number of carbonyl (C=O) groups is 3. The Bertz CT molecular complexity index is 1320. The molecule has 0 saturated carbocycles.